The lowest BCUT2D eigenvalue weighted by Crippen LogP contribution is -2.38. The van der Waals surface area contributed by atoms with Gasteiger partial charge in [-0.1, -0.05) is 6.92 Å². The summed E-state index contributed by atoms with van der Waals surface area (Å²) in [5.74, 6) is 0. The van der Waals surface area contributed by atoms with E-state index < -0.39 is 16.5 Å². The molecule has 3 nitrogen and oxygen atoms in total. The smallest absolute Gasteiger partial charge is 0.259 e. The summed E-state index contributed by atoms with van der Waals surface area (Å²) in [6.07, 6.45) is -4.87. The zero-order valence-electron chi connectivity index (χ0n) is 8.52. The number of nitro groups is 1. The standard InChI is InChI=1S/C9H12F3NO2/c1-6-5-8(2,9(10,11)12)4-3-7(6)13(14)15/h3-5H2,1-2H3. The lowest BCUT2D eigenvalue weighted by atomic mass is 9.74. The second-order valence-electron chi connectivity index (χ2n) is 4.22. The van der Waals surface area contributed by atoms with E-state index in [-0.39, 0.29) is 30.5 Å². The van der Waals surface area contributed by atoms with Crippen LogP contribution in [0.25, 0.3) is 0 Å². The molecule has 0 fully saturated rings. The van der Waals surface area contributed by atoms with E-state index in [0.29, 0.717) is 0 Å². The average molecular weight is 223 g/mol. The van der Waals surface area contributed by atoms with Crippen molar-refractivity contribution in [2.45, 2.75) is 39.3 Å². The van der Waals surface area contributed by atoms with Gasteiger partial charge in [0.15, 0.2) is 0 Å². The monoisotopic (exact) mass is 223 g/mol. The molecule has 0 aromatic heterocycles. The molecule has 1 aliphatic rings. The van der Waals surface area contributed by atoms with Gasteiger partial charge in [0, 0.05) is 12.0 Å². The molecule has 0 aromatic carbocycles. The Labute approximate surface area is 85.1 Å². The first-order valence-electron chi connectivity index (χ1n) is 4.57. The predicted molar refractivity (Wildman–Crippen MR) is 47.7 cm³/mol. The van der Waals surface area contributed by atoms with Crippen molar-refractivity contribution in [3.63, 3.8) is 0 Å². The normalized spacial score (nSPS) is 28.1. The Balaban J connectivity index is 2.97. The van der Waals surface area contributed by atoms with Gasteiger partial charge in [0.05, 0.1) is 10.3 Å². The van der Waals surface area contributed by atoms with Crippen LogP contribution >= 0.6 is 0 Å². The number of nitrogens with zero attached hydrogens (tertiary/aromatic N) is 1. The summed E-state index contributed by atoms with van der Waals surface area (Å²) in [6, 6.07) is 0. The third-order valence-corrected chi connectivity index (χ3v) is 2.97. The summed E-state index contributed by atoms with van der Waals surface area (Å²) >= 11 is 0. The summed E-state index contributed by atoms with van der Waals surface area (Å²) in [5, 5.41) is 10.5. The Hall–Kier alpha value is -1.07. The number of hydrogen-bond acceptors (Lipinski definition) is 2. The van der Waals surface area contributed by atoms with Crippen LogP contribution in [0.5, 0.6) is 0 Å². The van der Waals surface area contributed by atoms with E-state index in [1.54, 1.807) is 0 Å². The number of hydrogen-bond donors (Lipinski definition) is 0. The van der Waals surface area contributed by atoms with Gasteiger partial charge in [-0.15, -0.1) is 0 Å². The highest BCUT2D eigenvalue weighted by atomic mass is 19.4. The number of alkyl halides is 3. The molecule has 0 N–H and O–H groups in total. The van der Waals surface area contributed by atoms with E-state index in [1.165, 1.54) is 6.92 Å². The molecule has 0 aromatic rings. The Morgan fingerprint density at radius 1 is 1.47 bits per heavy atom. The van der Waals surface area contributed by atoms with Crippen molar-refractivity contribution in [1.29, 1.82) is 0 Å². The minimum absolute atomic E-state index is 0.0586. The van der Waals surface area contributed by atoms with Crippen LogP contribution in [-0.2, 0) is 0 Å². The Bertz CT molecular complexity index is 322. The predicted octanol–water partition coefficient (Wildman–Crippen LogP) is 3.29. The van der Waals surface area contributed by atoms with Crippen LogP contribution in [0.1, 0.15) is 33.1 Å². The SMILES string of the molecule is CC1=C([N+](=O)[O-])CCC(C)(C(F)(F)F)C1. The molecule has 0 spiro atoms. The van der Waals surface area contributed by atoms with Gasteiger partial charge < -0.3 is 0 Å². The van der Waals surface area contributed by atoms with E-state index in [1.807, 2.05) is 0 Å². The number of allylic oxidation sites excluding steroid dienone is 2. The summed E-state index contributed by atoms with van der Waals surface area (Å²) in [5.41, 5.74) is -1.63. The maximum atomic E-state index is 12.6. The minimum Gasteiger partial charge on any atom is -0.259 e. The Morgan fingerprint density at radius 2 is 2.00 bits per heavy atom. The fraction of sp³-hybridized carbons (Fsp3) is 0.778. The average Bonchev–Trinajstić information content (AvgIpc) is 2.00. The van der Waals surface area contributed by atoms with E-state index >= 15 is 0 Å². The number of rotatable bonds is 1. The molecule has 1 unspecified atom stereocenters. The largest absolute Gasteiger partial charge is 0.394 e. The van der Waals surface area contributed by atoms with Crippen LogP contribution in [0.4, 0.5) is 13.2 Å². The van der Waals surface area contributed by atoms with Gasteiger partial charge >= 0.3 is 6.18 Å². The van der Waals surface area contributed by atoms with Gasteiger partial charge in [-0.25, -0.2) is 0 Å². The molecule has 0 aliphatic heterocycles. The zero-order valence-corrected chi connectivity index (χ0v) is 8.52. The Morgan fingerprint density at radius 3 is 2.33 bits per heavy atom. The van der Waals surface area contributed by atoms with Gasteiger partial charge in [-0.2, -0.15) is 13.2 Å². The fourth-order valence-electron chi connectivity index (χ4n) is 1.87. The van der Waals surface area contributed by atoms with Gasteiger partial charge in [-0.05, 0) is 19.8 Å². The highest BCUT2D eigenvalue weighted by Crippen LogP contribution is 2.49. The van der Waals surface area contributed by atoms with Crippen molar-refractivity contribution in [2.75, 3.05) is 0 Å². The first-order valence-corrected chi connectivity index (χ1v) is 4.57. The quantitative estimate of drug-likeness (QED) is 0.505. The lowest BCUT2D eigenvalue weighted by molar-refractivity contribution is -0.431. The Kier molecular flexibility index (Phi) is 2.80. The van der Waals surface area contributed by atoms with Gasteiger partial charge in [0.2, 0.25) is 5.70 Å². The molecule has 1 rings (SSSR count). The molecule has 0 heterocycles. The van der Waals surface area contributed by atoms with E-state index in [4.69, 9.17) is 0 Å². The minimum atomic E-state index is -4.30. The molecule has 0 bridgehead atoms. The second-order valence-corrected chi connectivity index (χ2v) is 4.22. The molecule has 0 amide bonds. The van der Waals surface area contributed by atoms with Crippen LogP contribution < -0.4 is 0 Å². The highest BCUT2D eigenvalue weighted by Gasteiger charge is 2.53. The van der Waals surface area contributed by atoms with Gasteiger partial charge in [0.25, 0.3) is 0 Å². The first kappa shape index (κ1) is 12.0. The van der Waals surface area contributed by atoms with E-state index in [0.717, 1.165) is 6.92 Å². The first-order chi connectivity index (χ1) is 6.67. The summed E-state index contributed by atoms with van der Waals surface area (Å²) < 4.78 is 37.9. The maximum absolute atomic E-state index is 12.6. The molecule has 15 heavy (non-hydrogen) atoms. The summed E-state index contributed by atoms with van der Waals surface area (Å²) in [6.45, 7) is 2.52. The van der Waals surface area contributed by atoms with Gasteiger partial charge in [-0.3, -0.25) is 10.1 Å². The highest BCUT2D eigenvalue weighted by molar-refractivity contribution is 5.13. The molecular formula is C9H12F3NO2. The fourth-order valence-corrected chi connectivity index (χ4v) is 1.87. The molecule has 6 heteroatoms. The summed E-state index contributed by atoms with van der Waals surface area (Å²) in [7, 11) is 0. The maximum Gasteiger partial charge on any atom is 0.394 e. The lowest BCUT2D eigenvalue weighted by Gasteiger charge is -2.34. The molecule has 0 saturated carbocycles. The molecule has 86 valence electrons. The van der Waals surface area contributed by atoms with Crippen molar-refractivity contribution in [1.82, 2.24) is 0 Å². The topological polar surface area (TPSA) is 43.1 Å². The summed E-state index contributed by atoms with van der Waals surface area (Å²) in [4.78, 5) is 9.91. The van der Waals surface area contributed by atoms with Crippen LogP contribution in [0.2, 0.25) is 0 Å². The third kappa shape index (κ3) is 2.13. The second kappa shape index (κ2) is 3.50. The van der Waals surface area contributed by atoms with E-state index in [9.17, 15) is 23.3 Å². The van der Waals surface area contributed by atoms with Gasteiger partial charge in [0.1, 0.15) is 0 Å². The molecule has 0 radical (unpaired) electrons. The molecule has 0 saturated heterocycles. The third-order valence-electron chi connectivity index (χ3n) is 2.97. The van der Waals surface area contributed by atoms with Crippen LogP contribution in [0, 0.1) is 15.5 Å². The van der Waals surface area contributed by atoms with Crippen LogP contribution in [0.15, 0.2) is 11.3 Å². The van der Waals surface area contributed by atoms with Crippen LogP contribution in [0.3, 0.4) is 0 Å². The number of halogens is 3. The van der Waals surface area contributed by atoms with Crippen molar-refractivity contribution < 1.29 is 18.1 Å². The zero-order chi connectivity index (χ0) is 11.9. The molecule has 1 aliphatic carbocycles. The van der Waals surface area contributed by atoms with Crippen molar-refractivity contribution in [3.05, 3.63) is 21.4 Å². The van der Waals surface area contributed by atoms with Crippen molar-refractivity contribution >= 4 is 0 Å². The van der Waals surface area contributed by atoms with Crippen molar-refractivity contribution in [3.8, 4) is 0 Å². The van der Waals surface area contributed by atoms with E-state index in [2.05, 4.69) is 0 Å². The van der Waals surface area contributed by atoms with Crippen LogP contribution in [-0.4, -0.2) is 11.1 Å². The molecule has 1 atom stereocenters. The molecular weight excluding hydrogens is 211 g/mol. The van der Waals surface area contributed by atoms with Crippen molar-refractivity contribution in [2.24, 2.45) is 5.41 Å².